The number of piperidine rings is 1. The van der Waals surface area contributed by atoms with E-state index in [4.69, 9.17) is 10.9 Å². The number of aromatic nitrogens is 2. The number of aryl methyl sites for hydroxylation is 1. The van der Waals surface area contributed by atoms with Gasteiger partial charge in [0.25, 0.3) is 0 Å². The molecule has 0 aliphatic carbocycles. The molecule has 6 heteroatoms. The number of likely N-dealkylation sites (tertiary alicyclic amines) is 1. The molecule has 1 aliphatic heterocycles. The van der Waals surface area contributed by atoms with E-state index in [0.717, 1.165) is 45.4 Å². The molecule has 0 aromatic carbocycles. The molecule has 1 fully saturated rings. The molecular formula is C13H23N5O. The van der Waals surface area contributed by atoms with Crippen molar-refractivity contribution in [3.63, 3.8) is 0 Å². The molecule has 0 unspecified atom stereocenters. The minimum absolute atomic E-state index is 0.143. The van der Waals surface area contributed by atoms with Gasteiger partial charge in [-0.3, -0.25) is 0 Å². The van der Waals surface area contributed by atoms with Crippen molar-refractivity contribution in [3.05, 3.63) is 18.7 Å². The van der Waals surface area contributed by atoms with Crippen molar-refractivity contribution >= 4 is 5.84 Å². The Morgan fingerprint density at radius 1 is 1.42 bits per heavy atom. The van der Waals surface area contributed by atoms with Gasteiger partial charge in [-0.2, -0.15) is 0 Å². The summed E-state index contributed by atoms with van der Waals surface area (Å²) in [5.74, 6) is 0.366. The first-order valence-corrected chi connectivity index (χ1v) is 6.80. The third kappa shape index (κ3) is 3.47. The zero-order valence-electron chi connectivity index (χ0n) is 11.5. The van der Waals surface area contributed by atoms with Gasteiger partial charge in [0.05, 0.1) is 6.33 Å². The number of nitrogens with zero attached hydrogens (tertiary/aromatic N) is 4. The molecule has 0 saturated carbocycles. The zero-order chi connectivity index (χ0) is 13.7. The van der Waals surface area contributed by atoms with Crippen LogP contribution in [0.3, 0.4) is 0 Å². The highest BCUT2D eigenvalue weighted by atomic mass is 16.4. The Hall–Kier alpha value is -1.56. The van der Waals surface area contributed by atoms with Crippen LogP contribution in [0.25, 0.3) is 0 Å². The standard InChI is InChI=1S/C13H23N5O/c1-13(12(14)16-19)3-8-17(9-4-13)6-2-7-18-10-5-15-11-18/h5,10-11,19H,2-4,6-9H2,1H3,(H2,14,16). The quantitative estimate of drug-likeness (QED) is 0.362. The molecule has 0 radical (unpaired) electrons. The Kier molecular flexibility index (Phi) is 4.42. The van der Waals surface area contributed by atoms with Crippen LogP contribution in [0.4, 0.5) is 0 Å². The molecule has 2 rings (SSSR count). The van der Waals surface area contributed by atoms with E-state index >= 15 is 0 Å². The average Bonchev–Trinajstić information content (AvgIpc) is 2.93. The molecule has 1 aromatic heterocycles. The van der Waals surface area contributed by atoms with Crippen molar-refractivity contribution in [2.45, 2.75) is 32.7 Å². The lowest BCUT2D eigenvalue weighted by Gasteiger charge is -2.38. The molecule has 3 N–H and O–H groups in total. The van der Waals surface area contributed by atoms with Gasteiger partial charge in [-0.1, -0.05) is 12.1 Å². The van der Waals surface area contributed by atoms with Crippen molar-refractivity contribution in [1.82, 2.24) is 14.5 Å². The van der Waals surface area contributed by atoms with E-state index in [0.29, 0.717) is 5.84 Å². The van der Waals surface area contributed by atoms with Crippen LogP contribution in [-0.2, 0) is 6.54 Å². The van der Waals surface area contributed by atoms with Gasteiger partial charge in [0.15, 0.2) is 0 Å². The summed E-state index contributed by atoms with van der Waals surface area (Å²) in [4.78, 5) is 6.48. The normalized spacial score (nSPS) is 20.6. The van der Waals surface area contributed by atoms with Crippen molar-refractivity contribution in [3.8, 4) is 0 Å². The zero-order valence-corrected chi connectivity index (χ0v) is 11.5. The second-order valence-corrected chi connectivity index (χ2v) is 5.54. The maximum absolute atomic E-state index is 8.81. The molecule has 0 atom stereocenters. The number of oxime groups is 1. The second-order valence-electron chi connectivity index (χ2n) is 5.54. The summed E-state index contributed by atoms with van der Waals surface area (Å²) in [7, 11) is 0. The summed E-state index contributed by atoms with van der Waals surface area (Å²) < 4.78 is 2.10. The molecular weight excluding hydrogens is 242 g/mol. The summed E-state index contributed by atoms with van der Waals surface area (Å²) in [6.45, 7) is 6.19. The summed E-state index contributed by atoms with van der Waals surface area (Å²) in [6.07, 6.45) is 8.68. The van der Waals surface area contributed by atoms with Gasteiger partial charge in [0, 0.05) is 24.4 Å². The Morgan fingerprint density at radius 2 is 2.16 bits per heavy atom. The first kappa shape index (κ1) is 13.9. The number of amidine groups is 1. The molecule has 0 spiro atoms. The highest BCUT2D eigenvalue weighted by Crippen LogP contribution is 2.30. The first-order chi connectivity index (χ1) is 9.14. The molecule has 1 aliphatic rings. The van der Waals surface area contributed by atoms with Crippen LogP contribution in [0, 0.1) is 5.41 Å². The number of imidazole rings is 1. The van der Waals surface area contributed by atoms with Gasteiger partial charge in [-0.05, 0) is 38.9 Å². The highest BCUT2D eigenvalue weighted by Gasteiger charge is 2.33. The van der Waals surface area contributed by atoms with Crippen LogP contribution in [0.15, 0.2) is 23.9 Å². The molecule has 0 bridgehead atoms. The van der Waals surface area contributed by atoms with Crippen LogP contribution in [-0.4, -0.2) is 45.1 Å². The minimum Gasteiger partial charge on any atom is -0.409 e. The number of hydrogen-bond donors (Lipinski definition) is 2. The lowest BCUT2D eigenvalue weighted by molar-refractivity contribution is 0.156. The van der Waals surface area contributed by atoms with Gasteiger partial charge in [-0.25, -0.2) is 4.98 Å². The Labute approximate surface area is 113 Å². The van der Waals surface area contributed by atoms with Crippen LogP contribution >= 0.6 is 0 Å². The molecule has 1 saturated heterocycles. The van der Waals surface area contributed by atoms with E-state index in [1.54, 1.807) is 0 Å². The van der Waals surface area contributed by atoms with E-state index in [9.17, 15) is 0 Å². The molecule has 2 heterocycles. The van der Waals surface area contributed by atoms with Crippen molar-refractivity contribution in [2.75, 3.05) is 19.6 Å². The van der Waals surface area contributed by atoms with Gasteiger partial charge >= 0.3 is 0 Å². The van der Waals surface area contributed by atoms with E-state index < -0.39 is 0 Å². The van der Waals surface area contributed by atoms with Crippen molar-refractivity contribution in [2.24, 2.45) is 16.3 Å². The lowest BCUT2D eigenvalue weighted by Crippen LogP contribution is -2.45. The molecule has 0 amide bonds. The van der Waals surface area contributed by atoms with Gasteiger partial charge in [0.1, 0.15) is 5.84 Å². The molecule has 106 valence electrons. The van der Waals surface area contributed by atoms with Gasteiger partial charge in [-0.15, -0.1) is 0 Å². The number of nitrogens with two attached hydrogens (primary N) is 1. The fourth-order valence-corrected chi connectivity index (χ4v) is 2.54. The third-order valence-corrected chi connectivity index (χ3v) is 4.14. The topological polar surface area (TPSA) is 79.7 Å². The summed E-state index contributed by atoms with van der Waals surface area (Å²) in [6, 6.07) is 0. The predicted molar refractivity (Wildman–Crippen MR) is 74.0 cm³/mol. The van der Waals surface area contributed by atoms with Crippen molar-refractivity contribution < 1.29 is 5.21 Å². The SMILES string of the molecule is CC1(/C(N)=N/O)CCN(CCCn2ccnc2)CC1. The Balaban J connectivity index is 1.72. The van der Waals surface area contributed by atoms with Crippen LogP contribution in [0.5, 0.6) is 0 Å². The monoisotopic (exact) mass is 265 g/mol. The maximum atomic E-state index is 8.81. The number of rotatable bonds is 5. The summed E-state index contributed by atoms with van der Waals surface area (Å²) in [5.41, 5.74) is 5.62. The molecule has 1 aromatic rings. The van der Waals surface area contributed by atoms with E-state index in [1.165, 1.54) is 0 Å². The fourth-order valence-electron chi connectivity index (χ4n) is 2.54. The summed E-state index contributed by atoms with van der Waals surface area (Å²) >= 11 is 0. The number of hydrogen-bond acceptors (Lipinski definition) is 4. The van der Waals surface area contributed by atoms with Crippen LogP contribution in [0.2, 0.25) is 0 Å². The summed E-state index contributed by atoms with van der Waals surface area (Å²) in [5, 5.41) is 12.0. The minimum atomic E-state index is -0.143. The molecule has 6 nitrogen and oxygen atoms in total. The molecule has 19 heavy (non-hydrogen) atoms. The Bertz CT molecular complexity index is 407. The second kappa shape index (κ2) is 6.06. The van der Waals surface area contributed by atoms with Crippen molar-refractivity contribution in [1.29, 1.82) is 0 Å². The van der Waals surface area contributed by atoms with Gasteiger partial charge < -0.3 is 20.4 Å². The van der Waals surface area contributed by atoms with E-state index in [1.807, 2.05) is 18.7 Å². The first-order valence-electron chi connectivity index (χ1n) is 6.80. The van der Waals surface area contributed by atoms with E-state index in [2.05, 4.69) is 26.5 Å². The largest absolute Gasteiger partial charge is 0.409 e. The maximum Gasteiger partial charge on any atom is 0.145 e. The van der Waals surface area contributed by atoms with Crippen LogP contribution < -0.4 is 5.73 Å². The smallest absolute Gasteiger partial charge is 0.145 e. The average molecular weight is 265 g/mol. The van der Waals surface area contributed by atoms with Crippen LogP contribution in [0.1, 0.15) is 26.2 Å². The van der Waals surface area contributed by atoms with E-state index in [-0.39, 0.29) is 5.41 Å². The lowest BCUT2D eigenvalue weighted by atomic mass is 9.79. The highest BCUT2D eigenvalue weighted by molar-refractivity contribution is 5.85. The predicted octanol–water partition coefficient (Wildman–Crippen LogP) is 1.12. The Morgan fingerprint density at radius 3 is 2.74 bits per heavy atom. The third-order valence-electron chi connectivity index (χ3n) is 4.14. The van der Waals surface area contributed by atoms with Gasteiger partial charge in [0.2, 0.25) is 0 Å². The fraction of sp³-hybridized carbons (Fsp3) is 0.692.